The molecule has 1 N–H and O–H groups in total. The van der Waals surface area contributed by atoms with Crippen LogP contribution in [0.4, 0.5) is 6.01 Å². The van der Waals surface area contributed by atoms with Crippen LogP contribution in [-0.2, 0) is 0 Å². The maximum absolute atomic E-state index is 10.9. The summed E-state index contributed by atoms with van der Waals surface area (Å²) in [5.41, 5.74) is 1.43. The van der Waals surface area contributed by atoms with Crippen LogP contribution in [0.15, 0.2) is 22.6 Å². The van der Waals surface area contributed by atoms with Crippen LogP contribution in [-0.4, -0.2) is 54.2 Å². The normalized spacial score (nSPS) is 19.1. The molecule has 3 rings (SSSR count). The van der Waals surface area contributed by atoms with E-state index in [1.807, 2.05) is 0 Å². The lowest BCUT2D eigenvalue weighted by atomic mass is 10.2. The Hall–Kier alpha value is -2.08. The van der Waals surface area contributed by atoms with E-state index in [4.69, 9.17) is 9.52 Å². The van der Waals surface area contributed by atoms with Gasteiger partial charge < -0.3 is 19.3 Å². The van der Waals surface area contributed by atoms with Gasteiger partial charge in [0.25, 0.3) is 6.01 Å². The van der Waals surface area contributed by atoms with Crippen LogP contribution in [0.25, 0.3) is 11.1 Å². The van der Waals surface area contributed by atoms with Gasteiger partial charge in [0, 0.05) is 19.1 Å². The first-order valence-corrected chi connectivity index (χ1v) is 6.60. The van der Waals surface area contributed by atoms with Crippen molar-refractivity contribution in [2.45, 2.75) is 12.5 Å². The lowest BCUT2D eigenvalue weighted by Crippen LogP contribution is -2.31. The Morgan fingerprint density at radius 2 is 2.30 bits per heavy atom. The smallest absolute Gasteiger partial charge is 0.335 e. The fourth-order valence-corrected chi connectivity index (χ4v) is 2.52. The minimum Gasteiger partial charge on any atom is -0.478 e. The number of carbonyl (C=O) groups is 1. The molecule has 1 aliphatic rings. The van der Waals surface area contributed by atoms with E-state index in [0.29, 0.717) is 23.2 Å². The maximum atomic E-state index is 10.9. The Morgan fingerprint density at radius 1 is 1.50 bits per heavy atom. The van der Waals surface area contributed by atoms with Crippen LogP contribution < -0.4 is 4.90 Å². The highest BCUT2D eigenvalue weighted by Crippen LogP contribution is 2.26. The Labute approximate surface area is 116 Å². The molecule has 0 saturated carbocycles. The van der Waals surface area contributed by atoms with Crippen molar-refractivity contribution in [1.29, 1.82) is 0 Å². The van der Waals surface area contributed by atoms with Crippen LogP contribution >= 0.6 is 0 Å². The van der Waals surface area contributed by atoms with Crippen LogP contribution in [0.1, 0.15) is 16.8 Å². The van der Waals surface area contributed by atoms with E-state index >= 15 is 0 Å². The Kier molecular flexibility index (Phi) is 3.10. The Bertz CT molecular complexity index is 650. The predicted molar refractivity (Wildman–Crippen MR) is 75.3 cm³/mol. The minimum atomic E-state index is -0.960. The second-order valence-corrected chi connectivity index (χ2v) is 5.34. The SMILES string of the molecule is CN(C)C1CCN(c2nc3ccc(C(=O)O)cc3o2)C1. The van der Waals surface area contributed by atoms with Gasteiger partial charge in [0.05, 0.1) is 5.56 Å². The maximum Gasteiger partial charge on any atom is 0.335 e. The van der Waals surface area contributed by atoms with E-state index < -0.39 is 5.97 Å². The van der Waals surface area contributed by atoms with Gasteiger partial charge in [0.2, 0.25) is 0 Å². The summed E-state index contributed by atoms with van der Waals surface area (Å²) in [5, 5.41) is 8.98. The third kappa shape index (κ3) is 2.22. The first kappa shape index (κ1) is 12.9. The topological polar surface area (TPSA) is 69.8 Å². The molecule has 0 aliphatic carbocycles. The molecule has 0 spiro atoms. The Balaban J connectivity index is 1.88. The van der Waals surface area contributed by atoms with Gasteiger partial charge in [0.1, 0.15) is 5.52 Å². The molecule has 1 aliphatic heterocycles. The third-order valence-corrected chi connectivity index (χ3v) is 3.79. The number of carboxylic acids is 1. The molecule has 1 saturated heterocycles. The number of oxazole rings is 1. The number of nitrogens with zero attached hydrogens (tertiary/aromatic N) is 3. The molecule has 1 unspecified atom stereocenters. The van der Waals surface area contributed by atoms with Crippen molar-refractivity contribution < 1.29 is 14.3 Å². The van der Waals surface area contributed by atoms with Crippen molar-refractivity contribution in [3.63, 3.8) is 0 Å². The Morgan fingerprint density at radius 3 is 2.95 bits per heavy atom. The second kappa shape index (κ2) is 4.79. The average molecular weight is 275 g/mol. The second-order valence-electron chi connectivity index (χ2n) is 5.34. The van der Waals surface area contributed by atoms with E-state index in [2.05, 4.69) is 28.9 Å². The molecule has 1 fully saturated rings. The number of likely N-dealkylation sites (N-methyl/N-ethyl adjacent to an activating group) is 1. The molecule has 106 valence electrons. The van der Waals surface area contributed by atoms with Crippen molar-refractivity contribution in [3.05, 3.63) is 23.8 Å². The van der Waals surface area contributed by atoms with Gasteiger partial charge in [-0.05, 0) is 38.7 Å². The number of anilines is 1. The molecule has 0 radical (unpaired) electrons. The molecule has 0 amide bonds. The zero-order chi connectivity index (χ0) is 14.3. The molecule has 20 heavy (non-hydrogen) atoms. The van der Waals surface area contributed by atoms with E-state index in [0.717, 1.165) is 19.5 Å². The number of fused-ring (bicyclic) bond motifs is 1. The first-order valence-electron chi connectivity index (χ1n) is 6.60. The van der Waals surface area contributed by atoms with E-state index in [1.165, 1.54) is 6.07 Å². The van der Waals surface area contributed by atoms with Gasteiger partial charge in [-0.1, -0.05) is 0 Å². The number of carboxylic acid groups (broad SMARTS) is 1. The molecule has 1 aromatic heterocycles. The molecule has 1 aromatic carbocycles. The summed E-state index contributed by atoms with van der Waals surface area (Å²) in [4.78, 5) is 19.7. The van der Waals surface area contributed by atoms with Crippen LogP contribution in [0, 0.1) is 0 Å². The first-order chi connectivity index (χ1) is 9.54. The summed E-state index contributed by atoms with van der Waals surface area (Å²) >= 11 is 0. The van der Waals surface area contributed by atoms with E-state index in [-0.39, 0.29) is 5.56 Å². The van der Waals surface area contributed by atoms with Gasteiger partial charge in [-0.3, -0.25) is 0 Å². The number of aromatic nitrogens is 1. The summed E-state index contributed by atoms with van der Waals surface area (Å²) < 4.78 is 5.70. The fourth-order valence-electron chi connectivity index (χ4n) is 2.52. The predicted octanol–water partition coefficient (Wildman–Crippen LogP) is 1.67. The highest BCUT2D eigenvalue weighted by atomic mass is 16.4. The number of hydrogen-bond donors (Lipinski definition) is 1. The summed E-state index contributed by atoms with van der Waals surface area (Å²) in [6, 6.07) is 5.83. The quantitative estimate of drug-likeness (QED) is 0.918. The number of aromatic carboxylic acids is 1. The van der Waals surface area contributed by atoms with Crippen molar-refractivity contribution in [1.82, 2.24) is 9.88 Å². The van der Waals surface area contributed by atoms with E-state index in [1.54, 1.807) is 12.1 Å². The zero-order valence-corrected chi connectivity index (χ0v) is 11.5. The van der Waals surface area contributed by atoms with Crippen LogP contribution in [0.5, 0.6) is 0 Å². The van der Waals surface area contributed by atoms with Gasteiger partial charge in [-0.2, -0.15) is 4.98 Å². The fraction of sp³-hybridized carbons (Fsp3) is 0.429. The van der Waals surface area contributed by atoms with Gasteiger partial charge in [-0.15, -0.1) is 0 Å². The summed E-state index contributed by atoms with van der Waals surface area (Å²) in [7, 11) is 4.14. The van der Waals surface area contributed by atoms with Crippen LogP contribution in [0.3, 0.4) is 0 Å². The van der Waals surface area contributed by atoms with Crippen molar-refractivity contribution in [3.8, 4) is 0 Å². The van der Waals surface area contributed by atoms with Crippen LogP contribution in [0.2, 0.25) is 0 Å². The van der Waals surface area contributed by atoms with E-state index in [9.17, 15) is 4.79 Å². The lowest BCUT2D eigenvalue weighted by Gasteiger charge is -2.19. The molecule has 1 atom stereocenters. The summed E-state index contributed by atoms with van der Waals surface area (Å²) in [6.07, 6.45) is 1.08. The third-order valence-electron chi connectivity index (χ3n) is 3.79. The molecular weight excluding hydrogens is 258 g/mol. The number of rotatable bonds is 3. The lowest BCUT2D eigenvalue weighted by molar-refractivity contribution is 0.0697. The molecule has 0 bridgehead atoms. The van der Waals surface area contributed by atoms with Gasteiger partial charge in [-0.25, -0.2) is 4.79 Å². The average Bonchev–Trinajstić information content (AvgIpc) is 3.04. The highest BCUT2D eigenvalue weighted by molar-refractivity contribution is 5.92. The molecule has 2 aromatic rings. The molecule has 2 heterocycles. The minimum absolute atomic E-state index is 0.216. The number of hydrogen-bond acceptors (Lipinski definition) is 5. The summed E-state index contributed by atoms with van der Waals surface area (Å²) in [5.74, 6) is -0.960. The molecule has 6 nitrogen and oxygen atoms in total. The zero-order valence-electron chi connectivity index (χ0n) is 11.5. The molecular formula is C14H17N3O3. The summed E-state index contributed by atoms with van der Waals surface area (Å²) in [6.45, 7) is 1.78. The van der Waals surface area contributed by atoms with Crippen molar-refractivity contribution in [2.24, 2.45) is 0 Å². The van der Waals surface area contributed by atoms with Crippen molar-refractivity contribution >= 4 is 23.1 Å². The monoisotopic (exact) mass is 275 g/mol. The number of benzene rings is 1. The largest absolute Gasteiger partial charge is 0.478 e. The standard InChI is InChI=1S/C14H17N3O3/c1-16(2)10-5-6-17(8-10)14-15-11-4-3-9(13(18)19)7-12(11)20-14/h3-4,7,10H,5-6,8H2,1-2H3,(H,18,19). The molecule has 6 heteroatoms. The van der Waals surface area contributed by atoms with Gasteiger partial charge >= 0.3 is 5.97 Å². The highest BCUT2D eigenvalue weighted by Gasteiger charge is 2.27. The van der Waals surface area contributed by atoms with Crippen molar-refractivity contribution in [2.75, 3.05) is 32.1 Å². The van der Waals surface area contributed by atoms with Gasteiger partial charge in [0.15, 0.2) is 5.58 Å².